The molecule has 0 unspecified atom stereocenters. The molecule has 1 N–H and O–H groups in total. The summed E-state index contributed by atoms with van der Waals surface area (Å²) in [6.07, 6.45) is 8.77. The fourth-order valence-electron chi connectivity index (χ4n) is 4.37. The van der Waals surface area contributed by atoms with Gasteiger partial charge in [-0.05, 0) is 54.7 Å². The van der Waals surface area contributed by atoms with Gasteiger partial charge in [0.1, 0.15) is 18.1 Å². The molecule has 180 valence electrons. The van der Waals surface area contributed by atoms with Crippen LogP contribution < -0.4 is 14.8 Å². The summed E-state index contributed by atoms with van der Waals surface area (Å²) in [6, 6.07) is 15.1. The summed E-state index contributed by atoms with van der Waals surface area (Å²) in [5, 5.41) is 3.10. The van der Waals surface area contributed by atoms with E-state index in [0.717, 1.165) is 35.5 Å². The highest BCUT2D eigenvalue weighted by Crippen LogP contribution is 2.37. The quantitative estimate of drug-likeness (QED) is 0.510. The van der Waals surface area contributed by atoms with Crippen LogP contribution >= 0.6 is 0 Å². The van der Waals surface area contributed by atoms with E-state index in [9.17, 15) is 9.59 Å². The number of carbonyl (C=O) groups is 2. The molecule has 1 heterocycles. The van der Waals surface area contributed by atoms with E-state index < -0.39 is 0 Å². The highest BCUT2D eigenvalue weighted by Gasteiger charge is 2.40. The molecule has 0 bridgehead atoms. The van der Waals surface area contributed by atoms with Crippen molar-refractivity contribution in [2.75, 3.05) is 26.8 Å². The molecule has 0 spiro atoms. The van der Waals surface area contributed by atoms with Crippen LogP contribution in [0.15, 0.2) is 48.5 Å². The van der Waals surface area contributed by atoms with Crippen LogP contribution in [0.25, 0.3) is 0 Å². The maximum Gasteiger partial charge on any atom is 0.225 e. The van der Waals surface area contributed by atoms with Crippen molar-refractivity contribution in [3.05, 3.63) is 59.7 Å². The lowest BCUT2D eigenvalue weighted by atomic mass is 9.83. The molecule has 34 heavy (non-hydrogen) atoms. The number of rotatable bonds is 11. The van der Waals surface area contributed by atoms with Crippen LogP contribution in [0.4, 0.5) is 0 Å². The Morgan fingerprint density at radius 3 is 2.50 bits per heavy atom. The standard InChI is InChI=1S/C28H34N2O4/c1-4-6-19-30-26(31)16-15-25(27(30)22-9-13-23(33-3)14-10-22)28(32)29-18-17-21-7-11-24(12-8-21)34-20-5-2/h2,7-14,25,27H,4,6,15-20H2,1,3H3,(H,29,32)/t25-,27+/m1/s1. The first-order valence-electron chi connectivity index (χ1n) is 11.9. The average molecular weight is 463 g/mol. The second-order valence-corrected chi connectivity index (χ2v) is 8.48. The summed E-state index contributed by atoms with van der Waals surface area (Å²) >= 11 is 0. The number of amides is 2. The molecule has 0 aliphatic carbocycles. The molecule has 2 aromatic rings. The van der Waals surface area contributed by atoms with Crippen LogP contribution in [0.5, 0.6) is 11.5 Å². The molecule has 1 fully saturated rings. The predicted molar refractivity (Wildman–Crippen MR) is 133 cm³/mol. The van der Waals surface area contributed by atoms with Crippen molar-refractivity contribution in [1.29, 1.82) is 0 Å². The molecular formula is C28H34N2O4. The van der Waals surface area contributed by atoms with E-state index in [1.54, 1.807) is 7.11 Å². The summed E-state index contributed by atoms with van der Waals surface area (Å²) in [6.45, 7) is 3.53. The summed E-state index contributed by atoms with van der Waals surface area (Å²) in [5.74, 6) is 3.74. The van der Waals surface area contributed by atoms with Crippen LogP contribution in [0, 0.1) is 18.3 Å². The van der Waals surface area contributed by atoms with Gasteiger partial charge in [-0.2, -0.15) is 0 Å². The number of terminal acetylenes is 1. The van der Waals surface area contributed by atoms with Gasteiger partial charge < -0.3 is 19.7 Å². The van der Waals surface area contributed by atoms with Gasteiger partial charge in [-0.1, -0.05) is 43.5 Å². The second kappa shape index (κ2) is 12.7. The molecular weight excluding hydrogens is 428 g/mol. The first-order chi connectivity index (χ1) is 16.6. The van der Waals surface area contributed by atoms with Crippen LogP contribution in [0.2, 0.25) is 0 Å². The third-order valence-corrected chi connectivity index (χ3v) is 6.21. The van der Waals surface area contributed by atoms with Gasteiger partial charge in [-0.15, -0.1) is 6.42 Å². The Morgan fingerprint density at radius 2 is 1.85 bits per heavy atom. The zero-order valence-corrected chi connectivity index (χ0v) is 20.1. The van der Waals surface area contributed by atoms with Gasteiger partial charge in [-0.25, -0.2) is 0 Å². The topological polar surface area (TPSA) is 67.9 Å². The lowest BCUT2D eigenvalue weighted by molar-refractivity contribution is -0.143. The van der Waals surface area contributed by atoms with Gasteiger partial charge in [0.2, 0.25) is 11.8 Å². The molecule has 1 aliphatic rings. The number of likely N-dealkylation sites (tertiary alicyclic amines) is 1. The zero-order valence-electron chi connectivity index (χ0n) is 20.1. The molecule has 0 radical (unpaired) electrons. The fourth-order valence-corrected chi connectivity index (χ4v) is 4.37. The predicted octanol–water partition coefficient (Wildman–Crippen LogP) is 4.15. The van der Waals surface area contributed by atoms with E-state index in [0.29, 0.717) is 32.4 Å². The van der Waals surface area contributed by atoms with Crippen molar-refractivity contribution in [3.8, 4) is 23.8 Å². The third-order valence-electron chi connectivity index (χ3n) is 6.21. The number of nitrogens with one attached hydrogen (secondary N) is 1. The number of ether oxygens (including phenoxy) is 2. The van der Waals surface area contributed by atoms with Crippen molar-refractivity contribution in [2.45, 2.75) is 45.1 Å². The lowest BCUT2D eigenvalue weighted by Crippen LogP contribution is -2.48. The van der Waals surface area contributed by atoms with Gasteiger partial charge in [0.25, 0.3) is 0 Å². The highest BCUT2D eigenvalue weighted by atomic mass is 16.5. The van der Waals surface area contributed by atoms with E-state index in [-0.39, 0.29) is 30.4 Å². The maximum atomic E-state index is 13.3. The Morgan fingerprint density at radius 1 is 1.15 bits per heavy atom. The number of unbranched alkanes of at least 4 members (excludes halogenated alkanes) is 1. The molecule has 6 heteroatoms. The molecule has 1 saturated heterocycles. The number of hydrogen-bond donors (Lipinski definition) is 1. The minimum atomic E-state index is -0.289. The first kappa shape index (κ1) is 25.2. The van der Waals surface area contributed by atoms with Crippen LogP contribution in [0.1, 0.15) is 49.8 Å². The van der Waals surface area contributed by atoms with Crippen LogP contribution in [-0.4, -0.2) is 43.5 Å². The zero-order chi connectivity index (χ0) is 24.3. The first-order valence-corrected chi connectivity index (χ1v) is 11.9. The highest BCUT2D eigenvalue weighted by molar-refractivity contribution is 5.85. The van der Waals surface area contributed by atoms with Gasteiger partial charge in [-0.3, -0.25) is 9.59 Å². The number of carbonyl (C=O) groups excluding carboxylic acids is 2. The Balaban J connectivity index is 1.68. The number of nitrogens with zero attached hydrogens (tertiary/aromatic N) is 1. The van der Waals surface area contributed by atoms with E-state index in [1.165, 1.54) is 0 Å². The monoisotopic (exact) mass is 462 g/mol. The summed E-state index contributed by atoms with van der Waals surface area (Å²) in [4.78, 5) is 28.0. The summed E-state index contributed by atoms with van der Waals surface area (Å²) in [7, 11) is 1.63. The molecule has 2 amide bonds. The second-order valence-electron chi connectivity index (χ2n) is 8.48. The largest absolute Gasteiger partial charge is 0.497 e. The van der Waals surface area contributed by atoms with Gasteiger partial charge in [0.05, 0.1) is 19.1 Å². The maximum absolute atomic E-state index is 13.3. The Bertz CT molecular complexity index is 979. The molecule has 0 aromatic heterocycles. The van der Waals surface area contributed by atoms with Crippen molar-refractivity contribution in [2.24, 2.45) is 5.92 Å². The van der Waals surface area contributed by atoms with E-state index >= 15 is 0 Å². The van der Waals surface area contributed by atoms with Gasteiger partial charge in [0.15, 0.2) is 0 Å². The number of methoxy groups -OCH3 is 1. The molecule has 6 nitrogen and oxygen atoms in total. The molecule has 1 aliphatic heterocycles. The molecule has 2 atom stereocenters. The average Bonchev–Trinajstić information content (AvgIpc) is 2.87. The number of piperidine rings is 1. The Kier molecular flexibility index (Phi) is 9.40. The van der Waals surface area contributed by atoms with Crippen molar-refractivity contribution in [1.82, 2.24) is 10.2 Å². The number of hydrogen-bond acceptors (Lipinski definition) is 4. The minimum Gasteiger partial charge on any atom is -0.497 e. The lowest BCUT2D eigenvalue weighted by Gasteiger charge is -2.41. The van der Waals surface area contributed by atoms with Crippen LogP contribution in [0.3, 0.4) is 0 Å². The SMILES string of the molecule is C#CCOc1ccc(CCNC(=O)[C@@H]2CCC(=O)N(CCCC)[C@H]2c2ccc(OC)cc2)cc1. The summed E-state index contributed by atoms with van der Waals surface area (Å²) in [5.41, 5.74) is 2.07. The summed E-state index contributed by atoms with van der Waals surface area (Å²) < 4.78 is 10.7. The third kappa shape index (κ3) is 6.54. The Labute approximate surface area is 202 Å². The van der Waals surface area contributed by atoms with Crippen LogP contribution in [-0.2, 0) is 16.0 Å². The van der Waals surface area contributed by atoms with E-state index in [4.69, 9.17) is 15.9 Å². The normalized spacial score (nSPS) is 17.7. The van der Waals surface area contributed by atoms with Crippen molar-refractivity contribution < 1.29 is 19.1 Å². The van der Waals surface area contributed by atoms with Gasteiger partial charge >= 0.3 is 0 Å². The fraction of sp³-hybridized carbons (Fsp3) is 0.429. The Hall–Kier alpha value is -3.46. The van der Waals surface area contributed by atoms with E-state index in [2.05, 4.69) is 18.2 Å². The smallest absolute Gasteiger partial charge is 0.225 e. The number of benzene rings is 2. The van der Waals surface area contributed by atoms with Crippen molar-refractivity contribution >= 4 is 11.8 Å². The van der Waals surface area contributed by atoms with E-state index in [1.807, 2.05) is 53.4 Å². The van der Waals surface area contributed by atoms with Crippen molar-refractivity contribution in [3.63, 3.8) is 0 Å². The molecule has 0 saturated carbocycles. The molecule has 3 rings (SSSR count). The molecule has 2 aromatic carbocycles. The minimum absolute atomic E-state index is 0.0104. The van der Waals surface area contributed by atoms with Gasteiger partial charge in [0, 0.05) is 19.5 Å².